The molecule has 3 rings (SSSR count). The number of nitrogens with zero attached hydrogens (tertiary/aromatic N) is 1. The summed E-state index contributed by atoms with van der Waals surface area (Å²) < 4.78 is 13.2. The van der Waals surface area contributed by atoms with Crippen LogP contribution in [0.3, 0.4) is 0 Å². The van der Waals surface area contributed by atoms with E-state index in [4.69, 9.17) is 0 Å². The Morgan fingerprint density at radius 2 is 2.25 bits per heavy atom. The molecule has 1 fully saturated rings. The van der Waals surface area contributed by atoms with Crippen LogP contribution in [-0.2, 0) is 4.79 Å². The van der Waals surface area contributed by atoms with E-state index in [1.54, 1.807) is 6.07 Å². The average molecular weight is 220 g/mol. The molecule has 0 radical (unpaired) electrons. The van der Waals surface area contributed by atoms with Crippen molar-refractivity contribution < 1.29 is 9.18 Å². The SMILES string of the molecule is CCN1c2cc(F)ccc2NC(=O)C12CC2. The van der Waals surface area contributed by atoms with Crippen molar-refractivity contribution >= 4 is 17.3 Å². The summed E-state index contributed by atoms with van der Waals surface area (Å²) in [5.41, 5.74) is 1.13. The summed E-state index contributed by atoms with van der Waals surface area (Å²) in [5, 5.41) is 2.86. The maximum atomic E-state index is 13.2. The van der Waals surface area contributed by atoms with Crippen molar-refractivity contribution in [3.05, 3.63) is 24.0 Å². The van der Waals surface area contributed by atoms with Crippen LogP contribution in [0.2, 0.25) is 0 Å². The number of anilines is 2. The summed E-state index contributed by atoms with van der Waals surface area (Å²) in [6.45, 7) is 2.72. The van der Waals surface area contributed by atoms with Gasteiger partial charge >= 0.3 is 0 Å². The molecule has 0 bridgehead atoms. The molecule has 1 saturated carbocycles. The Bertz CT molecular complexity index is 468. The summed E-state index contributed by atoms with van der Waals surface area (Å²) >= 11 is 0. The van der Waals surface area contributed by atoms with Crippen molar-refractivity contribution in [2.75, 3.05) is 16.8 Å². The molecule has 1 aromatic carbocycles. The zero-order valence-corrected chi connectivity index (χ0v) is 9.09. The second-order valence-corrected chi connectivity index (χ2v) is 4.39. The van der Waals surface area contributed by atoms with Gasteiger partial charge in [-0.1, -0.05) is 0 Å². The standard InChI is InChI=1S/C12H13FN2O/c1-2-15-10-7-8(13)3-4-9(10)14-11(16)12(15)5-6-12/h3-4,7H,2,5-6H2,1H3,(H,14,16). The van der Waals surface area contributed by atoms with Crippen molar-refractivity contribution in [3.8, 4) is 0 Å². The van der Waals surface area contributed by atoms with Crippen LogP contribution in [0, 0.1) is 5.82 Å². The fraction of sp³-hybridized carbons (Fsp3) is 0.417. The molecule has 1 aliphatic carbocycles. The van der Waals surface area contributed by atoms with Crippen LogP contribution in [-0.4, -0.2) is 18.0 Å². The van der Waals surface area contributed by atoms with Gasteiger partial charge in [0, 0.05) is 6.54 Å². The molecule has 84 valence electrons. The molecule has 16 heavy (non-hydrogen) atoms. The topological polar surface area (TPSA) is 32.3 Å². The van der Waals surface area contributed by atoms with Crippen LogP contribution in [0.5, 0.6) is 0 Å². The van der Waals surface area contributed by atoms with Gasteiger partial charge in [-0.05, 0) is 38.0 Å². The Hall–Kier alpha value is -1.58. The number of halogens is 1. The van der Waals surface area contributed by atoms with E-state index in [-0.39, 0.29) is 11.7 Å². The van der Waals surface area contributed by atoms with Gasteiger partial charge in [0.15, 0.2) is 0 Å². The maximum Gasteiger partial charge on any atom is 0.250 e. The van der Waals surface area contributed by atoms with Crippen LogP contribution >= 0.6 is 0 Å². The lowest BCUT2D eigenvalue weighted by atomic mass is 10.1. The number of fused-ring (bicyclic) bond motifs is 1. The molecule has 2 aliphatic rings. The van der Waals surface area contributed by atoms with Gasteiger partial charge in [-0.25, -0.2) is 4.39 Å². The predicted molar refractivity (Wildman–Crippen MR) is 60.0 cm³/mol. The van der Waals surface area contributed by atoms with Crippen LogP contribution in [0.4, 0.5) is 15.8 Å². The number of rotatable bonds is 1. The molecular weight excluding hydrogens is 207 g/mol. The third-order valence-electron chi connectivity index (χ3n) is 3.48. The number of carbonyl (C=O) groups is 1. The molecule has 0 atom stereocenters. The predicted octanol–water partition coefficient (Wildman–Crippen LogP) is 2.14. The monoisotopic (exact) mass is 220 g/mol. The number of benzene rings is 1. The normalized spacial score (nSPS) is 20.6. The molecule has 0 aromatic heterocycles. The van der Waals surface area contributed by atoms with Crippen molar-refractivity contribution in [1.29, 1.82) is 0 Å². The molecule has 1 aliphatic heterocycles. The fourth-order valence-corrected chi connectivity index (χ4v) is 2.51. The summed E-state index contributed by atoms with van der Waals surface area (Å²) in [7, 11) is 0. The Labute approximate surface area is 93.2 Å². The summed E-state index contributed by atoms with van der Waals surface area (Å²) in [6, 6.07) is 4.50. The van der Waals surface area contributed by atoms with Gasteiger partial charge in [-0.15, -0.1) is 0 Å². The van der Waals surface area contributed by atoms with Crippen LogP contribution in [0.25, 0.3) is 0 Å². The molecule has 4 heteroatoms. The third-order valence-corrected chi connectivity index (χ3v) is 3.48. The minimum atomic E-state index is -0.393. The van der Waals surface area contributed by atoms with E-state index in [2.05, 4.69) is 5.32 Å². The number of nitrogens with one attached hydrogen (secondary N) is 1. The minimum absolute atomic E-state index is 0.0495. The highest BCUT2D eigenvalue weighted by Gasteiger charge is 2.56. The van der Waals surface area contributed by atoms with Gasteiger partial charge < -0.3 is 10.2 Å². The summed E-state index contributed by atoms with van der Waals surface area (Å²) in [6.07, 6.45) is 1.73. The molecule has 3 nitrogen and oxygen atoms in total. The van der Waals surface area contributed by atoms with Gasteiger partial charge in [-0.3, -0.25) is 4.79 Å². The molecule has 1 spiro atoms. The van der Waals surface area contributed by atoms with E-state index in [0.29, 0.717) is 5.69 Å². The molecular formula is C12H13FN2O. The maximum absolute atomic E-state index is 13.2. The second kappa shape index (κ2) is 2.97. The highest BCUT2D eigenvalue weighted by Crippen LogP contribution is 2.49. The highest BCUT2D eigenvalue weighted by atomic mass is 19.1. The fourth-order valence-electron chi connectivity index (χ4n) is 2.51. The van der Waals surface area contributed by atoms with E-state index in [1.807, 2.05) is 11.8 Å². The van der Waals surface area contributed by atoms with E-state index in [1.165, 1.54) is 12.1 Å². The minimum Gasteiger partial charge on any atom is -0.356 e. The lowest BCUT2D eigenvalue weighted by Gasteiger charge is -2.37. The van der Waals surface area contributed by atoms with Gasteiger partial charge in [0.2, 0.25) is 5.91 Å². The number of carbonyl (C=O) groups excluding carboxylic acids is 1. The van der Waals surface area contributed by atoms with E-state index in [9.17, 15) is 9.18 Å². The molecule has 0 unspecified atom stereocenters. The Kier molecular flexibility index (Phi) is 1.79. The highest BCUT2D eigenvalue weighted by molar-refractivity contribution is 6.08. The van der Waals surface area contributed by atoms with E-state index >= 15 is 0 Å². The molecule has 1 N–H and O–H groups in total. The lowest BCUT2D eigenvalue weighted by molar-refractivity contribution is -0.118. The summed E-state index contributed by atoms with van der Waals surface area (Å²) in [5.74, 6) is -0.211. The molecule has 1 aromatic rings. The van der Waals surface area contributed by atoms with Crippen molar-refractivity contribution in [2.45, 2.75) is 25.3 Å². The average Bonchev–Trinajstić information content (AvgIpc) is 3.03. The number of amides is 1. The van der Waals surface area contributed by atoms with Gasteiger partial charge in [0.25, 0.3) is 0 Å². The van der Waals surface area contributed by atoms with Crippen LogP contribution in [0.15, 0.2) is 18.2 Å². The number of likely N-dealkylation sites (N-methyl/N-ethyl adjacent to an activating group) is 1. The van der Waals surface area contributed by atoms with Crippen molar-refractivity contribution in [3.63, 3.8) is 0 Å². The van der Waals surface area contributed by atoms with E-state index in [0.717, 1.165) is 25.1 Å². The Balaban J connectivity index is 2.14. The third kappa shape index (κ3) is 1.10. The first-order valence-corrected chi connectivity index (χ1v) is 5.56. The Morgan fingerprint density at radius 3 is 2.88 bits per heavy atom. The van der Waals surface area contributed by atoms with Gasteiger partial charge in [-0.2, -0.15) is 0 Å². The van der Waals surface area contributed by atoms with Crippen molar-refractivity contribution in [2.24, 2.45) is 0 Å². The molecule has 1 heterocycles. The zero-order chi connectivity index (χ0) is 11.3. The lowest BCUT2D eigenvalue weighted by Crippen LogP contribution is -2.50. The smallest absolute Gasteiger partial charge is 0.250 e. The number of hydrogen-bond donors (Lipinski definition) is 1. The van der Waals surface area contributed by atoms with Crippen molar-refractivity contribution in [1.82, 2.24) is 0 Å². The molecule has 0 saturated heterocycles. The summed E-state index contributed by atoms with van der Waals surface area (Å²) in [4.78, 5) is 14.0. The van der Waals surface area contributed by atoms with Gasteiger partial charge in [0.1, 0.15) is 11.4 Å². The second-order valence-electron chi connectivity index (χ2n) is 4.39. The molecule has 1 amide bonds. The van der Waals surface area contributed by atoms with Crippen LogP contribution < -0.4 is 10.2 Å². The van der Waals surface area contributed by atoms with Gasteiger partial charge in [0.05, 0.1) is 11.4 Å². The van der Waals surface area contributed by atoms with Crippen LogP contribution in [0.1, 0.15) is 19.8 Å². The largest absolute Gasteiger partial charge is 0.356 e. The van der Waals surface area contributed by atoms with E-state index < -0.39 is 5.54 Å². The first kappa shape index (κ1) is 9.63. The Morgan fingerprint density at radius 1 is 1.50 bits per heavy atom. The number of hydrogen-bond acceptors (Lipinski definition) is 2. The first-order chi connectivity index (χ1) is 7.67. The quantitative estimate of drug-likeness (QED) is 0.786. The zero-order valence-electron chi connectivity index (χ0n) is 9.09. The first-order valence-electron chi connectivity index (χ1n) is 5.56.